The van der Waals surface area contributed by atoms with E-state index >= 15 is 0 Å². The maximum Gasteiger partial charge on any atom is 0.321 e. The molecule has 2 amide bonds. The van der Waals surface area contributed by atoms with Crippen molar-refractivity contribution in [3.05, 3.63) is 24.3 Å². The molecule has 0 aromatic heterocycles. The standard InChI is InChI=1S/C19H29N3O2/c1-24-19(11-6-12-19)15-20-16-7-9-17(10-8-16)21-18(23)22-13-4-2-3-5-14-22/h7-10,20H,2-6,11-15H2,1H3,(H,21,23). The molecule has 3 rings (SSSR count). The molecule has 1 saturated heterocycles. The molecular formula is C19H29N3O2. The van der Waals surface area contributed by atoms with Crippen LogP contribution in [0.3, 0.4) is 0 Å². The van der Waals surface area contributed by atoms with Gasteiger partial charge in [0.2, 0.25) is 0 Å². The third-order valence-corrected chi connectivity index (χ3v) is 5.34. The van der Waals surface area contributed by atoms with Gasteiger partial charge in [-0.15, -0.1) is 0 Å². The third kappa shape index (κ3) is 4.20. The van der Waals surface area contributed by atoms with Gasteiger partial charge in [0.25, 0.3) is 0 Å². The normalized spacial score (nSPS) is 20.0. The van der Waals surface area contributed by atoms with Gasteiger partial charge < -0.3 is 20.3 Å². The zero-order chi connectivity index (χ0) is 16.8. The highest BCUT2D eigenvalue weighted by atomic mass is 16.5. The maximum absolute atomic E-state index is 12.3. The smallest absolute Gasteiger partial charge is 0.321 e. The zero-order valence-electron chi connectivity index (χ0n) is 14.6. The number of carbonyl (C=O) groups is 1. The van der Waals surface area contributed by atoms with Crippen molar-refractivity contribution in [2.45, 2.75) is 50.5 Å². The molecule has 0 atom stereocenters. The molecule has 5 heteroatoms. The number of nitrogens with one attached hydrogen (secondary N) is 2. The van der Waals surface area contributed by atoms with Crippen molar-refractivity contribution in [1.82, 2.24) is 4.90 Å². The molecule has 2 fully saturated rings. The summed E-state index contributed by atoms with van der Waals surface area (Å²) in [5, 5.41) is 6.45. The lowest BCUT2D eigenvalue weighted by molar-refractivity contribution is -0.0601. The molecule has 132 valence electrons. The van der Waals surface area contributed by atoms with Crippen LogP contribution in [0.15, 0.2) is 24.3 Å². The molecule has 0 bridgehead atoms. The van der Waals surface area contributed by atoms with Crippen molar-refractivity contribution in [3.63, 3.8) is 0 Å². The molecule has 1 heterocycles. The summed E-state index contributed by atoms with van der Waals surface area (Å²) in [5.74, 6) is 0. The Kier molecular flexibility index (Phi) is 5.61. The Morgan fingerprint density at radius 3 is 2.21 bits per heavy atom. The Morgan fingerprint density at radius 1 is 1.04 bits per heavy atom. The maximum atomic E-state index is 12.3. The van der Waals surface area contributed by atoms with E-state index < -0.39 is 0 Å². The number of anilines is 2. The summed E-state index contributed by atoms with van der Waals surface area (Å²) in [6.07, 6.45) is 8.17. The van der Waals surface area contributed by atoms with Gasteiger partial charge >= 0.3 is 6.03 Å². The Labute approximate surface area is 144 Å². The number of methoxy groups -OCH3 is 1. The van der Waals surface area contributed by atoms with E-state index in [-0.39, 0.29) is 11.6 Å². The van der Waals surface area contributed by atoms with Crippen molar-refractivity contribution in [3.8, 4) is 0 Å². The first-order chi connectivity index (χ1) is 11.7. The lowest BCUT2D eigenvalue weighted by Crippen LogP contribution is -2.45. The van der Waals surface area contributed by atoms with Crippen LogP contribution >= 0.6 is 0 Å². The largest absolute Gasteiger partial charge is 0.382 e. The molecule has 2 N–H and O–H groups in total. The Morgan fingerprint density at radius 2 is 1.67 bits per heavy atom. The minimum absolute atomic E-state index is 0.0135. The van der Waals surface area contributed by atoms with Crippen LogP contribution < -0.4 is 10.6 Å². The molecule has 0 spiro atoms. The van der Waals surface area contributed by atoms with E-state index in [0.29, 0.717) is 0 Å². The van der Waals surface area contributed by atoms with Gasteiger partial charge in [0, 0.05) is 38.1 Å². The summed E-state index contributed by atoms with van der Waals surface area (Å²) < 4.78 is 5.62. The van der Waals surface area contributed by atoms with Crippen molar-refractivity contribution < 1.29 is 9.53 Å². The second-order valence-corrected chi connectivity index (χ2v) is 7.00. The second-order valence-electron chi connectivity index (χ2n) is 7.00. The Bertz CT molecular complexity index is 527. The second kappa shape index (κ2) is 7.88. The van der Waals surface area contributed by atoms with Gasteiger partial charge in [-0.05, 0) is 56.4 Å². The molecule has 0 radical (unpaired) electrons. The molecule has 2 aliphatic rings. The van der Waals surface area contributed by atoms with Crippen LogP contribution in [0.25, 0.3) is 0 Å². The van der Waals surface area contributed by atoms with Crippen LogP contribution in [0.1, 0.15) is 44.9 Å². The number of benzene rings is 1. The number of hydrogen-bond acceptors (Lipinski definition) is 3. The number of carbonyl (C=O) groups excluding carboxylic acids is 1. The minimum atomic E-state index is 0.0135. The summed E-state index contributed by atoms with van der Waals surface area (Å²) in [4.78, 5) is 14.3. The minimum Gasteiger partial charge on any atom is -0.382 e. The summed E-state index contributed by atoms with van der Waals surface area (Å²) >= 11 is 0. The predicted molar refractivity (Wildman–Crippen MR) is 97.6 cm³/mol. The van der Waals surface area contributed by atoms with E-state index in [1.165, 1.54) is 19.3 Å². The lowest BCUT2D eigenvalue weighted by Gasteiger charge is -2.40. The number of nitrogens with zero attached hydrogens (tertiary/aromatic N) is 1. The van der Waals surface area contributed by atoms with E-state index in [1.54, 1.807) is 7.11 Å². The SMILES string of the molecule is COC1(CNc2ccc(NC(=O)N3CCCCCC3)cc2)CCC1. The molecule has 1 aliphatic heterocycles. The van der Waals surface area contributed by atoms with Crippen LogP contribution in [-0.2, 0) is 4.74 Å². The van der Waals surface area contributed by atoms with Crippen molar-refractivity contribution >= 4 is 17.4 Å². The number of amides is 2. The predicted octanol–water partition coefficient (Wildman–Crippen LogP) is 4.08. The van der Waals surface area contributed by atoms with Crippen molar-refractivity contribution in [1.29, 1.82) is 0 Å². The number of urea groups is 1. The van der Waals surface area contributed by atoms with Crippen LogP contribution in [0.2, 0.25) is 0 Å². The van der Waals surface area contributed by atoms with E-state index in [9.17, 15) is 4.79 Å². The van der Waals surface area contributed by atoms with Gasteiger partial charge in [-0.25, -0.2) is 4.79 Å². The Balaban J connectivity index is 1.49. The number of hydrogen-bond donors (Lipinski definition) is 2. The molecular weight excluding hydrogens is 302 g/mol. The topological polar surface area (TPSA) is 53.6 Å². The highest BCUT2D eigenvalue weighted by Crippen LogP contribution is 2.35. The van der Waals surface area contributed by atoms with Crippen LogP contribution in [0.4, 0.5) is 16.2 Å². The molecule has 1 aliphatic carbocycles. The fraction of sp³-hybridized carbons (Fsp3) is 0.632. The number of rotatable bonds is 5. The lowest BCUT2D eigenvalue weighted by atomic mass is 9.80. The summed E-state index contributed by atoms with van der Waals surface area (Å²) in [6, 6.07) is 7.96. The van der Waals surface area contributed by atoms with E-state index in [2.05, 4.69) is 10.6 Å². The van der Waals surface area contributed by atoms with Crippen LogP contribution in [0.5, 0.6) is 0 Å². The first-order valence-corrected chi connectivity index (χ1v) is 9.16. The first-order valence-electron chi connectivity index (χ1n) is 9.16. The first kappa shape index (κ1) is 17.1. The summed E-state index contributed by atoms with van der Waals surface area (Å²) in [6.45, 7) is 2.57. The monoisotopic (exact) mass is 331 g/mol. The van der Waals surface area contributed by atoms with E-state index in [1.807, 2.05) is 29.2 Å². The average Bonchev–Trinajstić information content (AvgIpc) is 2.85. The summed E-state index contributed by atoms with van der Waals surface area (Å²) in [5.41, 5.74) is 1.92. The number of likely N-dealkylation sites (tertiary alicyclic amines) is 1. The molecule has 1 saturated carbocycles. The fourth-order valence-electron chi connectivity index (χ4n) is 3.44. The Hall–Kier alpha value is -1.75. The van der Waals surface area contributed by atoms with Gasteiger partial charge in [0.1, 0.15) is 0 Å². The van der Waals surface area contributed by atoms with Gasteiger partial charge in [0.15, 0.2) is 0 Å². The highest BCUT2D eigenvalue weighted by molar-refractivity contribution is 5.89. The van der Waals surface area contributed by atoms with Crippen LogP contribution in [-0.4, -0.2) is 43.3 Å². The highest BCUT2D eigenvalue weighted by Gasteiger charge is 2.36. The zero-order valence-corrected chi connectivity index (χ0v) is 14.6. The van der Waals surface area contributed by atoms with Crippen molar-refractivity contribution in [2.24, 2.45) is 0 Å². The summed E-state index contributed by atoms with van der Waals surface area (Å²) in [7, 11) is 1.79. The third-order valence-electron chi connectivity index (χ3n) is 5.34. The molecule has 5 nitrogen and oxygen atoms in total. The van der Waals surface area contributed by atoms with Gasteiger partial charge in [0.05, 0.1) is 5.60 Å². The number of ether oxygens (including phenoxy) is 1. The van der Waals surface area contributed by atoms with Gasteiger partial charge in [-0.2, -0.15) is 0 Å². The van der Waals surface area contributed by atoms with Crippen LogP contribution in [0, 0.1) is 0 Å². The molecule has 0 unspecified atom stereocenters. The fourth-order valence-corrected chi connectivity index (χ4v) is 3.44. The van der Waals surface area contributed by atoms with E-state index in [4.69, 9.17) is 4.74 Å². The average molecular weight is 331 g/mol. The molecule has 1 aromatic carbocycles. The van der Waals surface area contributed by atoms with Crippen molar-refractivity contribution in [2.75, 3.05) is 37.4 Å². The molecule has 1 aromatic rings. The quantitative estimate of drug-likeness (QED) is 0.855. The van der Waals surface area contributed by atoms with Gasteiger partial charge in [-0.3, -0.25) is 0 Å². The van der Waals surface area contributed by atoms with Gasteiger partial charge in [-0.1, -0.05) is 12.8 Å². The molecule has 24 heavy (non-hydrogen) atoms. The van der Waals surface area contributed by atoms with E-state index in [0.717, 1.165) is 56.7 Å².